The van der Waals surface area contributed by atoms with Gasteiger partial charge in [-0.25, -0.2) is 4.79 Å². The molecule has 0 aromatic rings. The van der Waals surface area contributed by atoms with Gasteiger partial charge in [0.2, 0.25) is 0 Å². The molecule has 0 spiro atoms. The fourth-order valence-corrected chi connectivity index (χ4v) is 5.87. The molecular weight excluding hydrogens is 524 g/mol. The quantitative estimate of drug-likeness (QED) is 0.173. The molecule has 15 atom stereocenters. The number of carbonyl (C=O) groups is 1. The normalized spacial score (nSPS) is 49.5. The van der Waals surface area contributed by atoms with Crippen molar-refractivity contribution in [3.05, 3.63) is 0 Å². The summed E-state index contributed by atoms with van der Waals surface area (Å²) in [5.41, 5.74) is 0. The number of aliphatic carboxylic acids is 1. The summed E-state index contributed by atoms with van der Waals surface area (Å²) in [7, 11) is 0. The van der Waals surface area contributed by atoms with Crippen LogP contribution in [0.1, 0.15) is 39.5 Å². The Morgan fingerprint density at radius 1 is 0.821 bits per heavy atom. The van der Waals surface area contributed by atoms with Gasteiger partial charge in [0.25, 0.3) is 0 Å². The Bertz CT molecular complexity index is 801. The maximum Gasteiger partial charge on any atom is 0.333 e. The second kappa shape index (κ2) is 13.3. The zero-order chi connectivity index (χ0) is 28.4. The Balaban J connectivity index is 1.54. The van der Waals surface area contributed by atoms with E-state index in [0.29, 0.717) is 6.42 Å². The average molecular weight is 567 g/mol. The molecular formula is C25H42O14. The van der Waals surface area contributed by atoms with E-state index in [0.717, 1.165) is 12.8 Å². The predicted molar refractivity (Wildman–Crippen MR) is 128 cm³/mol. The van der Waals surface area contributed by atoms with Crippen LogP contribution < -0.4 is 0 Å². The van der Waals surface area contributed by atoms with Crippen molar-refractivity contribution in [3.8, 4) is 0 Å². The van der Waals surface area contributed by atoms with Gasteiger partial charge in [-0.3, -0.25) is 0 Å². The minimum absolute atomic E-state index is 0.0421. The van der Waals surface area contributed by atoms with E-state index in [2.05, 4.69) is 0 Å². The number of aliphatic hydroxyl groups is 6. The van der Waals surface area contributed by atoms with E-state index >= 15 is 0 Å². The molecule has 4 fully saturated rings. The standard InChI is InChI=1S/C25H42O14/c1-10-4-3-5-13(19(10)39-24-18(31)17(30)15(28)11(2)35-24)36-25-22-21(16(29)14(9-27)37-25)38-20(23(32)33)12(8-26)6-7-34-22/h10-22,24-31H,3-9H2,1-2H3,(H,32,33)/t10?,11?,12-,13+,14?,15+,16-,17?,18-,19?,20+,21?,22?,24-,25+/m0/s1. The Labute approximate surface area is 226 Å². The average Bonchev–Trinajstić information content (AvgIpc) is 2.89. The Hall–Kier alpha value is -1.01. The highest BCUT2D eigenvalue weighted by atomic mass is 16.7. The lowest BCUT2D eigenvalue weighted by atomic mass is 9.85. The Kier molecular flexibility index (Phi) is 10.6. The molecule has 3 saturated heterocycles. The van der Waals surface area contributed by atoms with E-state index < -0.39 is 105 Å². The van der Waals surface area contributed by atoms with Gasteiger partial charge in [0, 0.05) is 19.1 Å². The van der Waals surface area contributed by atoms with Gasteiger partial charge in [0.05, 0.1) is 24.9 Å². The SMILES string of the molecule is CC1CCC[C@@H](O[C@@H]2OC(CO)[C@H](O)C3O[C@@H](C(=O)O)[C@H](CO)CCOC32)C1O[C@@H]1OC(C)[C@@H](O)C(O)[C@@H]1O. The number of fused-ring (bicyclic) bond motifs is 1. The topological polar surface area (TPSA) is 214 Å². The summed E-state index contributed by atoms with van der Waals surface area (Å²) in [6.45, 7) is 2.49. The molecule has 0 radical (unpaired) electrons. The first-order chi connectivity index (χ1) is 18.6. The maximum absolute atomic E-state index is 11.9. The van der Waals surface area contributed by atoms with Crippen LogP contribution >= 0.6 is 0 Å². The van der Waals surface area contributed by atoms with Crippen molar-refractivity contribution in [2.45, 2.75) is 119 Å². The molecule has 0 bridgehead atoms. The molecule has 14 heteroatoms. The molecule has 226 valence electrons. The van der Waals surface area contributed by atoms with Crippen LogP contribution in [0.3, 0.4) is 0 Å². The highest BCUT2D eigenvalue weighted by Gasteiger charge is 2.52. The number of ether oxygens (including phenoxy) is 6. The monoisotopic (exact) mass is 566 g/mol. The first-order valence-electron chi connectivity index (χ1n) is 13.6. The van der Waals surface area contributed by atoms with Gasteiger partial charge in [-0.15, -0.1) is 0 Å². The fraction of sp³-hybridized carbons (Fsp3) is 0.960. The van der Waals surface area contributed by atoms with Crippen LogP contribution in [0.4, 0.5) is 0 Å². The number of rotatable bonds is 7. The summed E-state index contributed by atoms with van der Waals surface area (Å²) < 4.78 is 35.7. The third-order valence-corrected chi connectivity index (χ3v) is 8.29. The summed E-state index contributed by atoms with van der Waals surface area (Å²) in [5.74, 6) is -2.12. The highest BCUT2D eigenvalue weighted by Crippen LogP contribution is 2.37. The zero-order valence-corrected chi connectivity index (χ0v) is 22.1. The molecule has 1 saturated carbocycles. The zero-order valence-electron chi connectivity index (χ0n) is 22.1. The van der Waals surface area contributed by atoms with Gasteiger partial charge in [0.15, 0.2) is 18.7 Å². The lowest BCUT2D eigenvalue weighted by molar-refractivity contribution is -0.356. The van der Waals surface area contributed by atoms with Crippen molar-refractivity contribution in [2.75, 3.05) is 19.8 Å². The van der Waals surface area contributed by atoms with Crippen LogP contribution in [-0.2, 0) is 33.2 Å². The molecule has 14 nitrogen and oxygen atoms in total. The van der Waals surface area contributed by atoms with Gasteiger partial charge in [-0.05, 0) is 32.1 Å². The fourth-order valence-electron chi connectivity index (χ4n) is 5.87. The molecule has 0 aromatic heterocycles. The van der Waals surface area contributed by atoms with Crippen LogP contribution in [0.2, 0.25) is 0 Å². The predicted octanol–water partition coefficient (Wildman–Crippen LogP) is -2.28. The summed E-state index contributed by atoms with van der Waals surface area (Å²) in [6, 6.07) is 0. The van der Waals surface area contributed by atoms with Crippen LogP contribution in [-0.4, -0.2) is 141 Å². The van der Waals surface area contributed by atoms with Crippen molar-refractivity contribution in [2.24, 2.45) is 11.8 Å². The van der Waals surface area contributed by atoms with E-state index in [1.165, 1.54) is 0 Å². The van der Waals surface area contributed by atoms with Crippen LogP contribution in [0.25, 0.3) is 0 Å². The molecule has 0 amide bonds. The Morgan fingerprint density at radius 3 is 2.23 bits per heavy atom. The van der Waals surface area contributed by atoms with Crippen LogP contribution in [0.15, 0.2) is 0 Å². The van der Waals surface area contributed by atoms with E-state index in [1.54, 1.807) is 6.92 Å². The molecule has 0 aromatic carbocycles. The van der Waals surface area contributed by atoms with Crippen molar-refractivity contribution < 1.29 is 69.0 Å². The maximum atomic E-state index is 11.9. The van der Waals surface area contributed by atoms with E-state index in [9.17, 15) is 40.5 Å². The molecule has 3 heterocycles. The number of aliphatic hydroxyl groups excluding tert-OH is 6. The minimum Gasteiger partial charge on any atom is -0.479 e. The molecule has 4 aliphatic rings. The van der Waals surface area contributed by atoms with E-state index in [-0.39, 0.29) is 18.9 Å². The minimum atomic E-state index is -1.50. The molecule has 1 aliphatic carbocycles. The van der Waals surface area contributed by atoms with E-state index in [4.69, 9.17) is 28.4 Å². The summed E-state index contributed by atoms with van der Waals surface area (Å²) in [6.07, 6.45) is -12.7. The van der Waals surface area contributed by atoms with Crippen LogP contribution in [0, 0.1) is 11.8 Å². The second-order valence-electron chi connectivity index (χ2n) is 11.0. The smallest absolute Gasteiger partial charge is 0.333 e. The highest BCUT2D eigenvalue weighted by molar-refractivity contribution is 5.72. The van der Waals surface area contributed by atoms with Crippen molar-refractivity contribution >= 4 is 5.97 Å². The molecule has 7 N–H and O–H groups in total. The van der Waals surface area contributed by atoms with Gasteiger partial charge >= 0.3 is 5.97 Å². The number of carboxylic acids is 1. The van der Waals surface area contributed by atoms with Gasteiger partial charge < -0.3 is 64.2 Å². The second-order valence-corrected chi connectivity index (χ2v) is 11.0. The summed E-state index contributed by atoms with van der Waals surface area (Å²) in [4.78, 5) is 11.9. The van der Waals surface area contributed by atoms with Crippen molar-refractivity contribution in [3.63, 3.8) is 0 Å². The van der Waals surface area contributed by atoms with Crippen LogP contribution in [0.5, 0.6) is 0 Å². The van der Waals surface area contributed by atoms with Gasteiger partial charge in [-0.1, -0.05) is 13.3 Å². The number of hydrogen-bond donors (Lipinski definition) is 7. The lowest BCUT2D eigenvalue weighted by Crippen LogP contribution is -2.64. The first kappa shape index (κ1) is 30.9. The molecule has 7 unspecified atom stereocenters. The number of carboxylic acid groups (broad SMARTS) is 1. The van der Waals surface area contributed by atoms with Crippen molar-refractivity contribution in [1.29, 1.82) is 0 Å². The number of hydrogen-bond acceptors (Lipinski definition) is 13. The van der Waals surface area contributed by atoms with E-state index in [1.807, 2.05) is 6.92 Å². The molecule has 4 rings (SSSR count). The summed E-state index contributed by atoms with van der Waals surface area (Å²) in [5, 5.41) is 70.9. The van der Waals surface area contributed by atoms with Gasteiger partial charge in [0.1, 0.15) is 42.7 Å². The first-order valence-corrected chi connectivity index (χ1v) is 13.6. The molecule has 3 aliphatic heterocycles. The third-order valence-electron chi connectivity index (χ3n) is 8.29. The molecule has 39 heavy (non-hydrogen) atoms. The largest absolute Gasteiger partial charge is 0.479 e. The summed E-state index contributed by atoms with van der Waals surface area (Å²) >= 11 is 0. The lowest BCUT2D eigenvalue weighted by Gasteiger charge is -2.48. The van der Waals surface area contributed by atoms with Crippen molar-refractivity contribution in [1.82, 2.24) is 0 Å². The third kappa shape index (κ3) is 6.58. The Morgan fingerprint density at radius 2 is 1.56 bits per heavy atom. The van der Waals surface area contributed by atoms with Gasteiger partial charge in [-0.2, -0.15) is 0 Å².